The Morgan fingerprint density at radius 2 is 2.06 bits per heavy atom. The summed E-state index contributed by atoms with van der Waals surface area (Å²) in [6.07, 6.45) is 1.00. The highest BCUT2D eigenvalue weighted by Crippen LogP contribution is 2.12. The van der Waals surface area contributed by atoms with Crippen molar-refractivity contribution in [3.8, 4) is 0 Å². The van der Waals surface area contributed by atoms with Crippen LogP contribution in [0.15, 0.2) is 29.3 Å². The van der Waals surface area contributed by atoms with Gasteiger partial charge in [-0.25, -0.2) is 9.79 Å². The minimum atomic E-state index is -0.457. The van der Waals surface area contributed by atoms with E-state index in [1.54, 1.807) is 38.1 Å². The minimum Gasteiger partial charge on any atom is -0.459 e. The standard InChI is InChI=1S/C12H15NO3/c1-9(2)16-12(15)7-13-11-5-3-10(8-14)4-6-11/h3-7,9,14H,8H2,1-2H3. The van der Waals surface area contributed by atoms with E-state index in [9.17, 15) is 4.79 Å². The van der Waals surface area contributed by atoms with E-state index in [1.807, 2.05) is 0 Å². The molecule has 0 saturated heterocycles. The van der Waals surface area contributed by atoms with Gasteiger partial charge < -0.3 is 9.84 Å². The Hall–Kier alpha value is -1.68. The van der Waals surface area contributed by atoms with E-state index in [1.165, 1.54) is 0 Å². The van der Waals surface area contributed by atoms with Crippen molar-refractivity contribution in [2.75, 3.05) is 0 Å². The number of carbonyl (C=O) groups excluding carboxylic acids is 1. The van der Waals surface area contributed by atoms with Gasteiger partial charge in [0.05, 0.1) is 18.4 Å². The highest BCUT2D eigenvalue weighted by Gasteiger charge is 2.00. The second-order valence-corrected chi connectivity index (χ2v) is 3.57. The van der Waals surface area contributed by atoms with Gasteiger partial charge in [0.25, 0.3) is 0 Å². The first kappa shape index (κ1) is 12.4. The van der Waals surface area contributed by atoms with Crippen molar-refractivity contribution in [2.24, 2.45) is 4.99 Å². The predicted octanol–water partition coefficient (Wildman–Crippen LogP) is 1.83. The highest BCUT2D eigenvalue weighted by molar-refractivity contribution is 6.23. The lowest BCUT2D eigenvalue weighted by molar-refractivity contribution is -0.138. The number of aliphatic hydroxyl groups is 1. The van der Waals surface area contributed by atoms with Gasteiger partial charge in [0.15, 0.2) is 0 Å². The second-order valence-electron chi connectivity index (χ2n) is 3.57. The first-order chi connectivity index (χ1) is 7.61. The van der Waals surface area contributed by atoms with Crippen LogP contribution in [0.3, 0.4) is 0 Å². The van der Waals surface area contributed by atoms with Gasteiger partial charge in [-0.2, -0.15) is 0 Å². The molecule has 0 amide bonds. The zero-order chi connectivity index (χ0) is 12.0. The number of aliphatic hydroxyl groups excluding tert-OH is 1. The van der Waals surface area contributed by atoms with Gasteiger partial charge in [0.2, 0.25) is 0 Å². The molecule has 16 heavy (non-hydrogen) atoms. The van der Waals surface area contributed by atoms with Crippen LogP contribution in [0.1, 0.15) is 19.4 Å². The Balaban J connectivity index is 2.58. The third kappa shape index (κ3) is 4.23. The van der Waals surface area contributed by atoms with Crippen molar-refractivity contribution >= 4 is 17.9 Å². The highest BCUT2D eigenvalue weighted by atomic mass is 16.5. The summed E-state index contributed by atoms with van der Waals surface area (Å²) < 4.78 is 4.89. The smallest absolute Gasteiger partial charge is 0.349 e. The van der Waals surface area contributed by atoms with E-state index in [-0.39, 0.29) is 12.7 Å². The summed E-state index contributed by atoms with van der Waals surface area (Å²) in [6, 6.07) is 6.95. The molecule has 1 rings (SSSR count). The molecule has 1 aromatic rings. The fourth-order valence-electron chi connectivity index (χ4n) is 1.08. The summed E-state index contributed by atoms with van der Waals surface area (Å²) in [4.78, 5) is 15.1. The molecule has 0 heterocycles. The molecule has 1 aromatic carbocycles. The Labute approximate surface area is 94.6 Å². The molecule has 0 unspecified atom stereocenters. The fourth-order valence-corrected chi connectivity index (χ4v) is 1.08. The molecule has 0 fully saturated rings. The van der Waals surface area contributed by atoms with Crippen molar-refractivity contribution in [3.05, 3.63) is 29.8 Å². The van der Waals surface area contributed by atoms with Crippen LogP contribution in [0.4, 0.5) is 5.69 Å². The van der Waals surface area contributed by atoms with E-state index in [0.717, 1.165) is 11.8 Å². The number of hydrogen-bond donors (Lipinski definition) is 1. The van der Waals surface area contributed by atoms with E-state index in [0.29, 0.717) is 5.69 Å². The van der Waals surface area contributed by atoms with Crippen LogP contribution in [-0.4, -0.2) is 23.4 Å². The van der Waals surface area contributed by atoms with Crippen LogP contribution in [0.25, 0.3) is 0 Å². The normalized spacial score (nSPS) is 11.0. The predicted molar refractivity (Wildman–Crippen MR) is 61.7 cm³/mol. The number of nitrogens with zero attached hydrogens (tertiary/aromatic N) is 1. The largest absolute Gasteiger partial charge is 0.459 e. The van der Waals surface area contributed by atoms with Crippen LogP contribution >= 0.6 is 0 Å². The SMILES string of the molecule is CC(C)OC(=O)C=Nc1ccc(CO)cc1. The molecular formula is C12H15NO3. The van der Waals surface area contributed by atoms with Crippen molar-refractivity contribution in [2.45, 2.75) is 26.6 Å². The number of esters is 1. The third-order valence-corrected chi connectivity index (χ3v) is 1.79. The van der Waals surface area contributed by atoms with Crippen molar-refractivity contribution in [1.82, 2.24) is 0 Å². The summed E-state index contributed by atoms with van der Waals surface area (Å²) in [7, 11) is 0. The quantitative estimate of drug-likeness (QED) is 0.623. The third-order valence-electron chi connectivity index (χ3n) is 1.79. The number of carbonyl (C=O) groups is 1. The van der Waals surface area contributed by atoms with Crippen molar-refractivity contribution in [1.29, 1.82) is 0 Å². The maximum absolute atomic E-state index is 11.1. The molecule has 86 valence electrons. The van der Waals surface area contributed by atoms with Gasteiger partial charge in [-0.15, -0.1) is 0 Å². The number of ether oxygens (including phenoxy) is 1. The first-order valence-electron chi connectivity index (χ1n) is 5.06. The van der Waals surface area contributed by atoms with Crippen LogP contribution in [0.5, 0.6) is 0 Å². The zero-order valence-electron chi connectivity index (χ0n) is 9.38. The van der Waals surface area contributed by atoms with Gasteiger partial charge in [-0.1, -0.05) is 12.1 Å². The number of benzene rings is 1. The average Bonchev–Trinajstić information content (AvgIpc) is 2.26. The summed E-state index contributed by atoms with van der Waals surface area (Å²) in [6.45, 7) is 3.56. The first-order valence-corrected chi connectivity index (χ1v) is 5.06. The molecule has 0 aromatic heterocycles. The van der Waals surface area contributed by atoms with Gasteiger partial charge in [-0.05, 0) is 31.5 Å². The van der Waals surface area contributed by atoms with E-state index in [2.05, 4.69) is 4.99 Å². The lowest BCUT2D eigenvalue weighted by Gasteiger charge is -2.03. The molecule has 0 saturated carbocycles. The molecular weight excluding hydrogens is 206 g/mol. The Bertz CT molecular complexity index is 368. The molecule has 0 atom stereocenters. The maximum Gasteiger partial charge on any atom is 0.349 e. The molecule has 0 radical (unpaired) electrons. The molecule has 0 aliphatic carbocycles. The molecule has 0 bridgehead atoms. The Morgan fingerprint density at radius 1 is 1.44 bits per heavy atom. The Morgan fingerprint density at radius 3 is 2.56 bits per heavy atom. The summed E-state index contributed by atoms with van der Waals surface area (Å²) >= 11 is 0. The average molecular weight is 221 g/mol. The number of aliphatic imine (C=N–C) groups is 1. The molecule has 4 heteroatoms. The Kier molecular flexibility index (Phi) is 4.66. The second kappa shape index (κ2) is 6.02. The number of rotatable bonds is 4. The lowest BCUT2D eigenvalue weighted by Crippen LogP contribution is -2.11. The summed E-state index contributed by atoms with van der Waals surface area (Å²) in [5.74, 6) is -0.457. The van der Waals surface area contributed by atoms with Gasteiger partial charge in [0, 0.05) is 0 Å². The van der Waals surface area contributed by atoms with Crippen molar-refractivity contribution < 1.29 is 14.6 Å². The summed E-state index contributed by atoms with van der Waals surface area (Å²) in [5, 5.41) is 8.83. The maximum atomic E-state index is 11.1. The molecule has 1 N–H and O–H groups in total. The monoisotopic (exact) mass is 221 g/mol. The molecule has 0 spiro atoms. The molecule has 0 aliphatic heterocycles. The van der Waals surface area contributed by atoms with E-state index >= 15 is 0 Å². The fraction of sp³-hybridized carbons (Fsp3) is 0.333. The topological polar surface area (TPSA) is 58.9 Å². The van der Waals surface area contributed by atoms with Crippen LogP contribution in [0.2, 0.25) is 0 Å². The van der Waals surface area contributed by atoms with Gasteiger partial charge >= 0.3 is 5.97 Å². The van der Waals surface area contributed by atoms with E-state index < -0.39 is 5.97 Å². The lowest BCUT2D eigenvalue weighted by atomic mass is 10.2. The van der Waals surface area contributed by atoms with E-state index in [4.69, 9.17) is 9.84 Å². The number of hydrogen-bond acceptors (Lipinski definition) is 4. The summed E-state index contributed by atoms with van der Waals surface area (Å²) in [5.41, 5.74) is 1.46. The van der Waals surface area contributed by atoms with Crippen LogP contribution in [-0.2, 0) is 16.1 Å². The molecule has 4 nitrogen and oxygen atoms in total. The molecule has 0 aliphatic rings. The van der Waals surface area contributed by atoms with Crippen LogP contribution in [0, 0.1) is 0 Å². The van der Waals surface area contributed by atoms with Gasteiger partial charge in [0.1, 0.15) is 6.21 Å². The minimum absolute atomic E-state index is 0.000610. The van der Waals surface area contributed by atoms with Gasteiger partial charge in [-0.3, -0.25) is 0 Å². The zero-order valence-corrected chi connectivity index (χ0v) is 9.38. The van der Waals surface area contributed by atoms with Crippen LogP contribution < -0.4 is 0 Å². The van der Waals surface area contributed by atoms with Crippen molar-refractivity contribution in [3.63, 3.8) is 0 Å².